The smallest absolute Gasteiger partial charge is 0.417 e. The molecule has 0 bridgehead atoms. The van der Waals surface area contributed by atoms with Gasteiger partial charge in [-0.3, -0.25) is 0 Å². The molecule has 0 amide bonds. The molecule has 22 heavy (non-hydrogen) atoms. The first-order valence-electron chi connectivity index (χ1n) is 6.15. The molecule has 118 valence electrons. The molecular formula is C14H11F5N2O. The molecule has 1 aromatic heterocycles. The van der Waals surface area contributed by atoms with Crippen LogP contribution in [0.5, 0.6) is 5.75 Å². The number of alkyl halides is 5. The van der Waals surface area contributed by atoms with Gasteiger partial charge in [-0.25, -0.2) is 4.98 Å². The van der Waals surface area contributed by atoms with Crippen LogP contribution in [0.25, 0.3) is 0 Å². The number of aromatic nitrogens is 1. The van der Waals surface area contributed by atoms with Crippen LogP contribution in [0, 0.1) is 0 Å². The van der Waals surface area contributed by atoms with Gasteiger partial charge in [0.15, 0.2) is 0 Å². The van der Waals surface area contributed by atoms with Crippen molar-refractivity contribution in [1.29, 1.82) is 0 Å². The van der Waals surface area contributed by atoms with E-state index in [9.17, 15) is 22.0 Å². The molecule has 0 aliphatic heterocycles. The van der Waals surface area contributed by atoms with Crippen LogP contribution in [0.4, 0.5) is 27.8 Å². The predicted octanol–water partition coefficient (Wildman–Crippen LogP) is 4.31. The number of nitrogens with zero attached hydrogens (tertiary/aromatic N) is 1. The maximum atomic E-state index is 12.4. The van der Waals surface area contributed by atoms with Gasteiger partial charge in [-0.2, -0.15) is 22.0 Å². The number of hydrogen-bond donors (Lipinski definition) is 1. The Hall–Kier alpha value is -2.38. The van der Waals surface area contributed by atoms with Gasteiger partial charge in [0.2, 0.25) is 0 Å². The molecular weight excluding hydrogens is 307 g/mol. The molecule has 0 fully saturated rings. The minimum absolute atomic E-state index is 0.00896. The Labute approximate surface area is 122 Å². The molecule has 0 aliphatic carbocycles. The molecule has 0 radical (unpaired) electrons. The lowest BCUT2D eigenvalue weighted by Crippen LogP contribution is -2.07. The topological polar surface area (TPSA) is 34.1 Å². The predicted molar refractivity (Wildman–Crippen MR) is 69.6 cm³/mol. The number of nitrogens with one attached hydrogen (secondary N) is 1. The van der Waals surface area contributed by atoms with Gasteiger partial charge in [0.05, 0.1) is 5.56 Å². The molecule has 1 heterocycles. The second-order valence-corrected chi connectivity index (χ2v) is 4.31. The van der Waals surface area contributed by atoms with E-state index in [1.165, 1.54) is 24.3 Å². The van der Waals surface area contributed by atoms with E-state index in [0.29, 0.717) is 5.56 Å². The van der Waals surface area contributed by atoms with Crippen molar-refractivity contribution >= 4 is 5.82 Å². The number of hydrogen-bond acceptors (Lipinski definition) is 3. The highest BCUT2D eigenvalue weighted by atomic mass is 19.4. The van der Waals surface area contributed by atoms with E-state index in [1.54, 1.807) is 6.07 Å². The Morgan fingerprint density at radius 2 is 1.91 bits per heavy atom. The quantitative estimate of drug-likeness (QED) is 0.834. The molecule has 1 N–H and O–H groups in total. The van der Waals surface area contributed by atoms with Gasteiger partial charge in [-0.05, 0) is 29.8 Å². The number of benzene rings is 1. The number of halogens is 5. The zero-order valence-corrected chi connectivity index (χ0v) is 11.1. The van der Waals surface area contributed by atoms with Crippen molar-refractivity contribution in [2.24, 2.45) is 0 Å². The molecule has 2 rings (SSSR count). The van der Waals surface area contributed by atoms with E-state index in [2.05, 4.69) is 15.0 Å². The monoisotopic (exact) mass is 318 g/mol. The summed E-state index contributed by atoms with van der Waals surface area (Å²) in [5.74, 6) is 0.253. The summed E-state index contributed by atoms with van der Waals surface area (Å²) >= 11 is 0. The van der Waals surface area contributed by atoms with Gasteiger partial charge in [0.1, 0.15) is 11.6 Å². The van der Waals surface area contributed by atoms with Crippen LogP contribution in [0.2, 0.25) is 0 Å². The summed E-state index contributed by atoms with van der Waals surface area (Å²) in [5.41, 5.74) is -0.217. The van der Waals surface area contributed by atoms with Gasteiger partial charge in [0.25, 0.3) is 0 Å². The summed E-state index contributed by atoms with van der Waals surface area (Å²) in [6, 6.07) is 8.09. The Morgan fingerprint density at radius 3 is 2.50 bits per heavy atom. The van der Waals surface area contributed by atoms with E-state index in [0.717, 1.165) is 12.3 Å². The minimum Gasteiger partial charge on any atom is -0.435 e. The first kappa shape index (κ1) is 16.0. The van der Waals surface area contributed by atoms with Crippen molar-refractivity contribution in [2.75, 3.05) is 5.32 Å². The molecule has 0 atom stereocenters. The molecule has 0 spiro atoms. The van der Waals surface area contributed by atoms with Crippen LogP contribution in [-0.4, -0.2) is 11.6 Å². The Morgan fingerprint density at radius 1 is 1.14 bits per heavy atom. The standard InChI is InChI=1S/C14H11F5N2O/c15-13(16)22-11-3-1-2-9(6-11)7-20-12-5-4-10(8-21-12)14(17,18)19/h1-6,8,13H,7H2,(H,20,21). The Balaban J connectivity index is 1.98. The number of pyridine rings is 1. The molecule has 8 heteroatoms. The molecule has 1 aromatic carbocycles. The normalized spacial score (nSPS) is 11.5. The highest BCUT2D eigenvalue weighted by molar-refractivity contribution is 5.38. The van der Waals surface area contributed by atoms with Crippen LogP contribution in [0.1, 0.15) is 11.1 Å². The number of ether oxygens (including phenoxy) is 1. The van der Waals surface area contributed by atoms with Crippen molar-refractivity contribution in [3.05, 3.63) is 53.7 Å². The average molecular weight is 318 g/mol. The fraction of sp³-hybridized carbons (Fsp3) is 0.214. The molecule has 0 aliphatic rings. The second-order valence-electron chi connectivity index (χ2n) is 4.31. The van der Waals surface area contributed by atoms with E-state index in [4.69, 9.17) is 0 Å². The largest absolute Gasteiger partial charge is 0.435 e. The van der Waals surface area contributed by atoms with Crippen LogP contribution in [0.15, 0.2) is 42.6 Å². The molecule has 0 unspecified atom stereocenters. The van der Waals surface area contributed by atoms with Crippen molar-refractivity contribution in [3.63, 3.8) is 0 Å². The summed E-state index contributed by atoms with van der Waals surface area (Å²) in [7, 11) is 0. The third kappa shape index (κ3) is 4.57. The number of anilines is 1. The van der Waals surface area contributed by atoms with Gasteiger partial charge < -0.3 is 10.1 Å². The third-order valence-electron chi connectivity index (χ3n) is 2.69. The first-order chi connectivity index (χ1) is 10.3. The lowest BCUT2D eigenvalue weighted by molar-refractivity contribution is -0.137. The lowest BCUT2D eigenvalue weighted by atomic mass is 10.2. The summed E-state index contributed by atoms with van der Waals surface area (Å²) < 4.78 is 65.6. The first-order valence-corrected chi connectivity index (χ1v) is 6.15. The van der Waals surface area contributed by atoms with Gasteiger partial charge in [0, 0.05) is 12.7 Å². The summed E-state index contributed by atoms with van der Waals surface area (Å²) in [4.78, 5) is 3.65. The SMILES string of the molecule is FC(F)Oc1cccc(CNc2ccc(C(F)(F)F)cn2)c1. The molecule has 2 aromatic rings. The molecule has 3 nitrogen and oxygen atoms in total. The van der Waals surface area contributed by atoms with E-state index in [-0.39, 0.29) is 18.1 Å². The van der Waals surface area contributed by atoms with Crippen LogP contribution in [0.3, 0.4) is 0 Å². The van der Waals surface area contributed by atoms with Crippen molar-refractivity contribution in [3.8, 4) is 5.75 Å². The number of rotatable bonds is 5. The second kappa shape index (κ2) is 6.59. The lowest BCUT2D eigenvalue weighted by Gasteiger charge is -2.10. The van der Waals surface area contributed by atoms with Gasteiger partial charge in [-0.15, -0.1) is 0 Å². The third-order valence-corrected chi connectivity index (χ3v) is 2.69. The summed E-state index contributed by atoms with van der Waals surface area (Å²) in [6.45, 7) is -2.71. The summed E-state index contributed by atoms with van der Waals surface area (Å²) in [6.07, 6.45) is -3.72. The van der Waals surface area contributed by atoms with Crippen molar-refractivity contribution in [2.45, 2.75) is 19.3 Å². The highest BCUT2D eigenvalue weighted by Crippen LogP contribution is 2.28. The Bertz CT molecular complexity index is 613. The zero-order chi connectivity index (χ0) is 16.2. The average Bonchev–Trinajstić information content (AvgIpc) is 2.44. The van der Waals surface area contributed by atoms with E-state index >= 15 is 0 Å². The maximum absolute atomic E-state index is 12.4. The van der Waals surface area contributed by atoms with Gasteiger partial charge in [-0.1, -0.05) is 12.1 Å². The van der Waals surface area contributed by atoms with E-state index < -0.39 is 18.4 Å². The molecule has 0 saturated carbocycles. The summed E-state index contributed by atoms with van der Waals surface area (Å²) in [5, 5.41) is 2.80. The van der Waals surface area contributed by atoms with Crippen molar-refractivity contribution < 1.29 is 26.7 Å². The van der Waals surface area contributed by atoms with E-state index in [1.807, 2.05) is 0 Å². The minimum atomic E-state index is -4.44. The zero-order valence-electron chi connectivity index (χ0n) is 11.1. The van der Waals surface area contributed by atoms with Crippen LogP contribution >= 0.6 is 0 Å². The van der Waals surface area contributed by atoms with Gasteiger partial charge >= 0.3 is 12.8 Å². The van der Waals surface area contributed by atoms with Crippen LogP contribution in [-0.2, 0) is 12.7 Å². The maximum Gasteiger partial charge on any atom is 0.417 e. The fourth-order valence-electron chi connectivity index (χ4n) is 1.69. The van der Waals surface area contributed by atoms with Crippen molar-refractivity contribution in [1.82, 2.24) is 4.98 Å². The molecule has 0 saturated heterocycles. The van der Waals surface area contributed by atoms with Crippen LogP contribution < -0.4 is 10.1 Å². The Kier molecular flexibility index (Phi) is 4.79. The highest BCUT2D eigenvalue weighted by Gasteiger charge is 2.30. The fourth-order valence-corrected chi connectivity index (χ4v) is 1.69.